The van der Waals surface area contributed by atoms with Crippen LogP contribution in [-0.4, -0.2) is 37.6 Å². The van der Waals surface area contributed by atoms with Crippen molar-refractivity contribution in [3.8, 4) is 5.88 Å². The van der Waals surface area contributed by atoms with Gasteiger partial charge in [-0.15, -0.1) is 12.4 Å². The quantitative estimate of drug-likeness (QED) is 0.771. The number of aromatic nitrogens is 1. The number of carbonyl (C=O) groups excluding carboxylic acids is 1. The van der Waals surface area contributed by atoms with Crippen molar-refractivity contribution < 1.29 is 22.7 Å². The van der Waals surface area contributed by atoms with Crippen LogP contribution in [0, 0.1) is 0 Å². The smallest absolute Gasteiger partial charge is 0.417 e. The molecule has 0 radical (unpaired) electrons. The first-order valence-electron chi connectivity index (χ1n) is 5.61. The van der Waals surface area contributed by atoms with Crippen molar-refractivity contribution in [3.63, 3.8) is 0 Å². The van der Waals surface area contributed by atoms with Crippen LogP contribution < -0.4 is 15.4 Å². The van der Waals surface area contributed by atoms with Gasteiger partial charge in [-0.1, -0.05) is 11.6 Å². The lowest BCUT2D eigenvalue weighted by Crippen LogP contribution is -2.34. The molecule has 5 nitrogen and oxygen atoms in total. The molecule has 0 unspecified atom stereocenters. The fourth-order valence-electron chi connectivity index (χ4n) is 1.25. The molecule has 10 heteroatoms. The molecule has 0 fully saturated rings. The van der Waals surface area contributed by atoms with Crippen LogP contribution >= 0.6 is 24.0 Å². The van der Waals surface area contributed by atoms with Crippen LogP contribution in [0.4, 0.5) is 13.2 Å². The first-order valence-corrected chi connectivity index (χ1v) is 5.99. The van der Waals surface area contributed by atoms with E-state index in [0.717, 1.165) is 6.07 Å². The molecule has 0 aromatic carbocycles. The molecule has 0 saturated carbocycles. The first-order chi connectivity index (χ1) is 9.34. The first kappa shape index (κ1) is 19.8. The molecule has 1 aromatic rings. The summed E-state index contributed by atoms with van der Waals surface area (Å²) in [6, 6.07) is 0.740. The number of rotatable bonds is 6. The third-order valence-corrected chi connectivity index (χ3v) is 2.41. The van der Waals surface area contributed by atoms with Gasteiger partial charge in [0.15, 0.2) is 0 Å². The van der Waals surface area contributed by atoms with E-state index in [1.165, 1.54) is 0 Å². The summed E-state index contributed by atoms with van der Waals surface area (Å²) >= 11 is 5.64. The summed E-state index contributed by atoms with van der Waals surface area (Å²) in [4.78, 5) is 14.6. The van der Waals surface area contributed by atoms with Gasteiger partial charge in [0.05, 0.1) is 18.7 Å². The number of amides is 1. The fourth-order valence-corrected chi connectivity index (χ4v) is 1.47. The van der Waals surface area contributed by atoms with Crippen LogP contribution in [0.1, 0.15) is 5.56 Å². The maximum absolute atomic E-state index is 12.4. The number of ether oxygens (including phenoxy) is 1. The number of hydrogen-bond acceptors (Lipinski definition) is 4. The number of alkyl halides is 3. The Labute approximate surface area is 130 Å². The Morgan fingerprint density at radius 3 is 2.67 bits per heavy atom. The van der Waals surface area contributed by atoms with Gasteiger partial charge in [-0.2, -0.15) is 13.2 Å². The van der Waals surface area contributed by atoms with Crippen molar-refractivity contribution in [2.45, 2.75) is 6.18 Å². The second kappa shape index (κ2) is 8.91. The average molecular weight is 348 g/mol. The molecule has 21 heavy (non-hydrogen) atoms. The van der Waals surface area contributed by atoms with E-state index in [1.807, 2.05) is 0 Å². The topological polar surface area (TPSA) is 63.2 Å². The highest BCUT2D eigenvalue weighted by atomic mass is 35.5. The number of likely N-dealkylation sites (N-methyl/N-ethyl adjacent to an activating group) is 1. The fraction of sp³-hybridized carbons (Fsp3) is 0.455. The molecular formula is C11H14Cl2F3N3O2. The van der Waals surface area contributed by atoms with Gasteiger partial charge in [0.2, 0.25) is 11.8 Å². The minimum atomic E-state index is -4.50. The van der Waals surface area contributed by atoms with Gasteiger partial charge in [-0.25, -0.2) is 4.98 Å². The number of carbonyl (C=O) groups is 1. The van der Waals surface area contributed by atoms with Crippen LogP contribution in [0.5, 0.6) is 5.88 Å². The second-order valence-electron chi connectivity index (χ2n) is 3.74. The molecule has 1 aromatic heterocycles. The molecule has 0 spiro atoms. The van der Waals surface area contributed by atoms with E-state index in [2.05, 4.69) is 15.6 Å². The number of pyridine rings is 1. The highest BCUT2D eigenvalue weighted by Crippen LogP contribution is 2.32. The largest absolute Gasteiger partial charge is 0.475 e. The lowest BCUT2D eigenvalue weighted by atomic mass is 10.3. The summed E-state index contributed by atoms with van der Waals surface area (Å²) in [5.74, 6) is -0.329. The Hall–Kier alpha value is -1.25. The van der Waals surface area contributed by atoms with Gasteiger partial charge in [0, 0.05) is 6.20 Å². The zero-order chi connectivity index (χ0) is 15.2. The van der Waals surface area contributed by atoms with Crippen molar-refractivity contribution in [1.82, 2.24) is 15.6 Å². The second-order valence-corrected chi connectivity index (χ2v) is 4.14. The van der Waals surface area contributed by atoms with E-state index in [0.29, 0.717) is 6.20 Å². The van der Waals surface area contributed by atoms with E-state index < -0.39 is 11.7 Å². The number of nitrogens with zero attached hydrogens (tertiary/aromatic N) is 1. The van der Waals surface area contributed by atoms with Gasteiger partial charge < -0.3 is 15.4 Å². The van der Waals surface area contributed by atoms with Crippen molar-refractivity contribution in [3.05, 3.63) is 22.8 Å². The lowest BCUT2D eigenvalue weighted by molar-refractivity contribution is -0.137. The van der Waals surface area contributed by atoms with Crippen LogP contribution in [0.3, 0.4) is 0 Å². The van der Waals surface area contributed by atoms with Gasteiger partial charge >= 0.3 is 6.18 Å². The van der Waals surface area contributed by atoms with E-state index in [1.54, 1.807) is 7.05 Å². The lowest BCUT2D eigenvalue weighted by Gasteiger charge is -2.10. The summed E-state index contributed by atoms with van der Waals surface area (Å²) in [6.45, 7) is 0.409. The summed E-state index contributed by atoms with van der Waals surface area (Å²) in [7, 11) is 1.63. The summed E-state index contributed by atoms with van der Waals surface area (Å²) in [6.07, 6.45) is -3.86. The van der Waals surface area contributed by atoms with Crippen molar-refractivity contribution in [2.75, 3.05) is 26.7 Å². The Bertz CT molecular complexity index is 473. The molecule has 1 amide bonds. The predicted molar refractivity (Wildman–Crippen MR) is 73.9 cm³/mol. The number of hydrogen-bond donors (Lipinski definition) is 2. The molecule has 0 aliphatic heterocycles. The molecule has 0 bridgehead atoms. The number of halogens is 5. The molecule has 0 aliphatic rings. The van der Waals surface area contributed by atoms with Crippen LogP contribution in [0.15, 0.2) is 12.3 Å². The van der Waals surface area contributed by atoms with Gasteiger partial charge in [-0.3, -0.25) is 4.79 Å². The molecule has 0 atom stereocenters. The van der Waals surface area contributed by atoms with E-state index in [9.17, 15) is 18.0 Å². The highest BCUT2D eigenvalue weighted by Gasteiger charge is 2.31. The Morgan fingerprint density at radius 1 is 1.48 bits per heavy atom. The SMILES string of the molecule is CNCC(=O)NCCOc1ncc(C(F)(F)F)cc1Cl.Cl. The monoisotopic (exact) mass is 347 g/mol. The van der Waals surface area contributed by atoms with E-state index >= 15 is 0 Å². The summed E-state index contributed by atoms with van der Waals surface area (Å²) in [5.41, 5.74) is -0.947. The third-order valence-electron chi connectivity index (χ3n) is 2.14. The molecule has 1 heterocycles. The Morgan fingerprint density at radius 2 is 2.14 bits per heavy atom. The van der Waals surface area contributed by atoms with Gasteiger partial charge in [0.25, 0.3) is 0 Å². The van der Waals surface area contributed by atoms with E-state index in [4.69, 9.17) is 16.3 Å². The van der Waals surface area contributed by atoms with Gasteiger partial charge in [0.1, 0.15) is 11.6 Å². The maximum atomic E-state index is 12.4. The van der Waals surface area contributed by atoms with Crippen LogP contribution in [0.25, 0.3) is 0 Å². The van der Waals surface area contributed by atoms with Crippen molar-refractivity contribution >= 4 is 29.9 Å². The Kier molecular flexibility index (Phi) is 8.38. The van der Waals surface area contributed by atoms with Crippen molar-refractivity contribution in [2.24, 2.45) is 0 Å². The van der Waals surface area contributed by atoms with Crippen LogP contribution in [-0.2, 0) is 11.0 Å². The molecule has 0 saturated heterocycles. The number of nitrogens with one attached hydrogen (secondary N) is 2. The minimum Gasteiger partial charge on any atom is -0.475 e. The third kappa shape index (κ3) is 6.83. The molecule has 1 rings (SSSR count). The normalized spacial score (nSPS) is 10.7. The minimum absolute atomic E-state index is 0. The molecule has 2 N–H and O–H groups in total. The highest BCUT2D eigenvalue weighted by molar-refractivity contribution is 6.31. The summed E-state index contributed by atoms with van der Waals surface area (Å²) in [5, 5.41) is 4.96. The molecule has 0 aliphatic carbocycles. The predicted octanol–water partition coefficient (Wildman–Crippen LogP) is 1.89. The zero-order valence-corrected chi connectivity index (χ0v) is 12.5. The van der Waals surface area contributed by atoms with E-state index in [-0.39, 0.29) is 48.9 Å². The molecular weight excluding hydrogens is 334 g/mol. The van der Waals surface area contributed by atoms with Crippen LogP contribution in [0.2, 0.25) is 5.02 Å². The standard InChI is InChI=1S/C11H13ClF3N3O2.ClH/c1-16-6-9(19)17-2-3-20-10-8(12)4-7(5-18-10)11(13,14)15;/h4-5,16H,2-3,6H2,1H3,(H,17,19);1H. The zero-order valence-electron chi connectivity index (χ0n) is 11.0. The Balaban J connectivity index is 0.00000400. The van der Waals surface area contributed by atoms with Crippen molar-refractivity contribution in [1.29, 1.82) is 0 Å². The summed E-state index contributed by atoms with van der Waals surface area (Å²) < 4.78 is 42.2. The average Bonchev–Trinajstić information content (AvgIpc) is 2.35. The molecule has 120 valence electrons. The van der Waals surface area contributed by atoms with Gasteiger partial charge in [-0.05, 0) is 13.1 Å². The maximum Gasteiger partial charge on any atom is 0.417 e.